The minimum Gasteiger partial charge on any atom is -0.387 e. The van der Waals surface area contributed by atoms with Gasteiger partial charge in [-0.1, -0.05) is 30.3 Å². The number of aromatic nitrogens is 2. The normalized spacial score (nSPS) is 12.2. The van der Waals surface area contributed by atoms with E-state index in [0.717, 1.165) is 27.7 Å². The monoisotopic (exact) mass is 377 g/mol. The second-order valence-corrected chi connectivity index (χ2v) is 7.21. The highest BCUT2D eigenvalue weighted by molar-refractivity contribution is 7.12. The zero-order valence-corrected chi connectivity index (χ0v) is 15.4. The van der Waals surface area contributed by atoms with Gasteiger partial charge in [0.2, 0.25) is 0 Å². The molecule has 0 spiro atoms. The minimum atomic E-state index is -0.724. The second-order valence-electron chi connectivity index (χ2n) is 6.30. The lowest BCUT2D eigenvalue weighted by Gasteiger charge is -2.12. The van der Waals surface area contributed by atoms with E-state index in [0.29, 0.717) is 11.3 Å². The van der Waals surface area contributed by atoms with Gasteiger partial charge in [-0.05, 0) is 46.7 Å². The number of rotatable bonds is 6. The molecule has 0 fully saturated rings. The molecule has 4 aromatic rings. The van der Waals surface area contributed by atoms with Crippen LogP contribution >= 0.6 is 11.3 Å². The number of hydrogen-bond acceptors (Lipinski definition) is 4. The summed E-state index contributed by atoms with van der Waals surface area (Å²) in [6.07, 6.45) is 3.58. The Kier molecular flexibility index (Phi) is 5.00. The number of carbonyl (C=O) groups is 1. The van der Waals surface area contributed by atoms with Gasteiger partial charge in [-0.15, -0.1) is 11.3 Å². The van der Waals surface area contributed by atoms with Crippen LogP contribution < -0.4 is 5.32 Å². The zero-order valence-electron chi connectivity index (χ0n) is 14.6. The largest absolute Gasteiger partial charge is 0.387 e. The van der Waals surface area contributed by atoms with Gasteiger partial charge in [0.25, 0.3) is 5.91 Å². The van der Waals surface area contributed by atoms with Crippen LogP contribution in [0.5, 0.6) is 0 Å². The smallest absolute Gasteiger partial charge is 0.261 e. The molecule has 3 aromatic heterocycles. The number of fused-ring (bicyclic) bond motifs is 1. The van der Waals surface area contributed by atoms with Crippen molar-refractivity contribution in [3.8, 4) is 0 Å². The quantitative estimate of drug-likeness (QED) is 0.480. The molecule has 0 aliphatic rings. The molecule has 1 aromatic carbocycles. The number of H-pyrrole nitrogens is 1. The van der Waals surface area contributed by atoms with Gasteiger partial charge in [0.15, 0.2) is 0 Å². The van der Waals surface area contributed by atoms with Crippen molar-refractivity contribution in [3.63, 3.8) is 0 Å². The molecule has 0 saturated heterocycles. The summed E-state index contributed by atoms with van der Waals surface area (Å²) in [7, 11) is 0. The number of carbonyl (C=O) groups excluding carboxylic acids is 1. The van der Waals surface area contributed by atoms with E-state index in [2.05, 4.69) is 15.3 Å². The number of benzene rings is 1. The number of amides is 1. The summed E-state index contributed by atoms with van der Waals surface area (Å²) in [6.45, 7) is 0.178. The Morgan fingerprint density at radius 2 is 2.00 bits per heavy atom. The van der Waals surface area contributed by atoms with Crippen LogP contribution in [0.4, 0.5) is 0 Å². The van der Waals surface area contributed by atoms with Crippen LogP contribution in [0.3, 0.4) is 0 Å². The average molecular weight is 377 g/mol. The van der Waals surface area contributed by atoms with Crippen LogP contribution in [0.25, 0.3) is 11.0 Å². The molecule has 0 aliphatic carbocycles. The van der Waals surface area contributed by atoms with Gasteiger partial charge in [-0.25, -0.2) is 4.98 Å². The lowest BCUT2D eigenvalue weighted by Crippen LogP contribution is -2.28. The molecule has 0 radical (unpaired) electrons. The van der Waals surface area contributed by atoms with Crippen LogP contribution in [0.2, 0.25) is 0 Å². The maximum atomic E-state index is 12.6. The van der Waals surface area contributed by atoms with Gasteiger partial charge < -0.3 is 15.4 Å². The zero-order chi connectivity index (χ0) is 18.6. The Bertz CT molecular complexity index is 1060. The van der Waals surface area contributed by atoms with Crippen molar-refractivity contribution >= 4 is 28.3 Å². The van der Waals surface area contributed by atoms with Crippen LogP contribution in [-0.4, -0.2) is 27.5 Å². The van der Waals surface area contributed by atoms with Crippen molar-refractivity contribution in [2.45, 2.75) is 12.5 Å². The van der Waals surface area contributed by atoms with E-state index in [1.807, 2.05) is 60.1 Å². The Hall–Kier alpha value is -2.96. The maximum absolute atomic E-state index is 12.6. The summed E-state index contributed by atoms with van der Waals surface area (Å²) in [4.78, 5) is 20.7. The van der Waals surface area contributed by atoms with E-state index in [4.69, 9.17) is 0 Å². The predicted molar refractivity (Wildman–Crippen MR) is 107 cm³/mol. The number of aliphatic hydroxyl groups excluding tert-OH is 1. The van der Waals surface area contributed by atoms with Crippen LogP contribution in [0.15, 0.2) is 66.3 Å². The molecular weight excluding hydrogens is 358 g/mol. The minimum absolute atomic E-state index is 0.158. The molecule has 1 atom stereocenters. The van der Waals surface area contributed by atoms with Crippen molar-refractivity contribution in [1.29, 1.82) is 0 Å². The third-order valence-corrected chi connectivity index (χ3v) is 5.48. The third kappa shape index (κ3) is 3.77. The van der Waals surface area contributed by atoms with Gasteiger partial charge in [-0.3, -0.25) is 4.79 Å². The number of hydrogen-bond donors (Lipinski definition) is 3. The molecule has 1 unspecified atom stereocenters. The van der Waals surface area contributed by atoms with Crippen LogP contribution in [-0.2, 0) is 6.42 Å². The van der Waals surface area contributed by atoms with E-state index >= 15 is 0 Å². The Morgan fingerprint density at radius 1 is 1.15 bits per heavy atom. The molecule has 5 nitrogen and oxygen atoms in total. The van der Waals surface area contributed by atoms with E-state index in [1.165, 1.54) is 11.3 Å². The van der Waals surface area contributed by atoms with E-state index in [-0.39, 0.29) is 12.5 Å². The summed E-state index contributed by atoms with van der Waals surface area (Å²) in [6, 6.07) is 15.3. The van der Waals surface area contributed by atoms with Crippen molar-refractivity contribution < 1.29 is 9.90 Å². The molecule has 0 saturated carbocycles. The van der Waals surface area contributed by atoms with Gasteiger partial charge in [0, 0.05) is 24.3 Å². The summed E-state index contributed by atoms with van der Waals surface area (Å²) in [5.74, 6) is -0.158. The van der Waals surface area contributed by atoms with Crippen molar-refractivity contribution in [2.75, 3.05) is 6.54 Å². The topological polar surface area (TPSA) is 78.0 Å². The van der Waals surface area contributed by atoms with E-state index in [1.54, 1.807) is 6.20 Å². The fourth-order valence-electron chi connectivity index (χ4n) is 3.11. The van der Waals surface area contributed by atoms with Crippen LogP contribution in [0.1, 0.15) is 32.5 Å². The fourth-order valence-corrected chi connectivity index (χ4v) is 3.95. The molecule has 27 heavy (non-hydrogen) atoms. The Balaban J connectivity index is 1.47. The fraction of sp³-hybridized carbons (Fsp3) is 0.143. The van der Waals surface area contributed by atoms with Crippen molar-refractivity contribution in [1.82, 2.24) is 15.3 Å². The number of aliphatic hydroxyl groups is 1. The van der Waals surface area contributed by atoms with Gasteiger partial charge in [-0.2, -0.15) is 0 Å². The lowest BCUT2D eigenvalue weighted by molar-refractivity contribution is 0.0919. The number of thiophene rings is 1. The number of aromatic amines is 1. The standard InChI is InChI=1S/C21H19N3O2S/c25-18(14-4-2-1-3-5-14)13-24-21(26)19-16(8-11-27-19)12-15-6-9-22-20-17(15)7-10-23-20/h1-11,18,25H,12-13H2,(H,22,23)(H,24,26). The SMILES string of the molecule is O=C(NCC(O)c1ccccc1)c1sccc1Cc1ccnc2[nH]ccc12. The van der Waals surface area contributed by atoms with Crippen LogP contribution in [0, 0.1) is 0 Å². The lowest BCUT2D eigenvalue weighted by atomic mass is 10.0. The third-order valence-electron chi connectivity index (χ3n) is 4.52. The first kappa shape index (κ1) is 17.5. The van der Waals surface area contributed by atoms with Crippen molar-refractivity contribution in [3.05, 3.63) is 87.9 Å². The molecular formula is C21H19N3O2S. The number of nitrogens with zero attached hydrogens (tertiary/aromatic N) is 1. The maximum Gasteiger partial charge on any atom is 0.261 e. The molecule has 3 heterocycles. The predicted octanol–water partition coefficient (Wildman–Crippen LogP) is 3.68. The molecule has 4 rings (SSSR count). The molecule has 0 aliphatic heterocycles. The van der Waals surface area contributed by atoms with E-state index < -0.39 is 6.10 Å². The summed E-state index contributed by atoms with van der Waals surface area (Å²) in [5, 5.41) is 16.1. The summed E-state index contributed by atoms with van der Waals surface area (Å²) >= 11 is 1.41. The highest BCUT2D eigenvalue weighted by Crippen LogP contribution is 2.24. The average Bonchev–Trinajstić information content (AvgIpc) is 3.36. The van der Waals surface area contributed by atoms with Gasteiger partial charge in [0.05, 0.1) is 11.0 Å². The highest BCUT2D eigenvalue weighted by atomic mass is 32.1. The number of pyridine rings is 1. The number of nitrogens with one attached hydrogen (secondary N) is 2. The van der Waals surface area contributed by atoms with Gasteiger partial charge >= 0.3 is 0 Å². The first-order valence-corrected chi connectivity index (χ1v) is 9.59. The molecule has 3 N–H and O–H groups in total. The second kappa shape index (κ2) is 7.73. The summed E-state index contributed by atoms with van der Waals surface area (Å²) < 4.78 is 0. The first-order valence-electron chi connectivity index (χ1n) is 8.71. The molecule has 1 amide bonds. The van der Waals surface area contributed by atoms with Gasteiger partial charge in [0.1, 0.15) is 5.65 Å². The first-order chi connectivity index (χ1) is 13.2. The summed E-state index contributed by atoms with van der Waals surface area (Å²) in [5.41, 5.74) is 3.73. The highest BCUT2D eigenvalue weighted by Gasteiger charge is 2.16. The Morgan fingerprint density at radius 3 is 2.85 bits per heavy atom. The molecule has 6 heteroatoms. The molecule has 0 bridgehead atoms. The molecule has 136 valence electrons. The van der Waals surface area contributed by atoms with E-state index in [9.17, 15) is 9.90 Å². The van der Waals surface area contributed by atoms with Crippen molar-refractivity contribution in [2.24, 2.45) is 0 Å². The Labute approximate surface area is 160 Å².